The van der Waals surface area contributed by atoms with Crippen molar-refractivity contribution in [3.05, 3.63) is 71.8 Å². The maximum Gasteiger partial charge on any atom is 0.164 e. The highest BCUT2D eigenvalue weighted by atomic mass is 32.2. The van der Waals surface area contributed by atoms with E-state index in [1.54, 1.807) is 0 Å². The van der Waals surface area contributed by atoms with E-state index in [4.69, 9.17) is 0 Å². The van der Waals surface area contributed by atoms with Crippen LogP contribution in [0.2, 0.25) is 0 Å². The maximum absolute atomic E-state index is 13.1. The molecule has 0 aliphatic carbocycles. The molecule has 1 aliphatic rings. The molecule has 21 heavy (non-hydrogen) atoms. The monoisotopic (exact) mass is 300 g/mol. The Morgan fingerprint density at radius 1 is 0.762 bits per heavy atom. The molecule has 110 valence electrons. The van der Waals surface area contributed by atoms with Crippen molar-refractivity contribution < 1.29 is 8.42 Å². The molecule has 0 saturated carbocycles. The summed E-state index contributed by atoms with van der Waals surface area (Å²) >= 11 is 0. The summed E-state index contributed by atoms with van der Waals surface area (Å²) < 4.78 is 26.1. The molecule has 0 radical (unpaired) electrons. The molecule has 0 N–H and O–H groups in total. The van der Waals surface area contributed by atoms with Gasteiger partial charge in [-0.25, -0.2) is 8.42 Å². The number of hydrogen-bond donors (Lipinski definition) is 0. The first-order valence-corrected chi connectivity index (χ1v) is 9.02. The molecule has 1 aliphatic heterocycles. The summed E-state index contributed by atoms with van der Waals surface area (Å²) in [6.07, 6.45) is 1.44. The maximum atomic E-state index is 13.1. The second-order valence-corrected chi connectivity index (χ2v) is 8.28. The fraction of sp³-hybridized carbons (Fsp3) is 0.333. The zero-order valence-electron chi connectivity index (χ0n) is 12.1. The first kappa shape index (κ1) is 14.3. The van der Waals surface area contributed by atoms with Gasteiger partial charge in [-0.1, -0.05) is 67.6 Å². The lowest BCUT2D eigenvalue weighted by Gasteiger charge is -2.34. The van der Waals surface area contributed by atoms with Crippen LogP contribution in [0.4, 0.5) is 0 Å². The molecule has 2 atom stereocenters. The summed E-state index contributed by atoms with van der Waals surface area (Å²) in [4.78, 5) is 0. The minimum absolute atomic E-state index is 0.382. The molecule has 1 heterocycles. The summed E-state index contributed by atoms with van der Waals surface area (Å²) in [5.41, 5.74) is 1.84. The van der Waals surface area contributed by atoms with Gasteiger partial charge in [0.15, 0.2) is 9.84 Å². The Labute approximate surface area is 126 Å². The van der Waals surface area contributed by atoms with Crippen LogP contribution in [0.25, 0.3) is 0 Å². The van der Waals surface area contributed by atoms with E-state index in [2.05, 4.69) is 6.92 Å². The smallest absolute Gasteiger partial charge is 0.164 e. The van der Waals surface area contributed by atoms with Crippen molar-refractivity contribution in [3.8, 4) is 0 Å². The zero-order chi connectivity index (χ0) is 14.9. The van der Waals surface area contributed by atoms with Gasteiger partial charge >= 0.3 is 0 Å². The first-order valence-electron chi connectivity index (χ1n) is 7.41. The van der Waals surface area contributed by atoms with Gasteiger partial charge in [0.1, 0.15) is 0 Å². The predicted octanol–water partition coefficient (Wildman–Crippen LogP) is 4.31. The van der Waals surface area contributed by atoms with E-state index in [1.165, 1.54) is 0 Å². The molecule has 1 fully saturated rings. The van der Waals surface area contributed by atoms with E-state index in [9.17, 15) is 8.42 Å². The predicted molar refractivity (Wildman–Crippen MR) is 85.7 cm³/mol. The number of hydrogen-bond acceptors (Lipinski definition) is 2. The highest BCUT2D eigenvalue weighted by molar-refractivity contribution is 7.92. The fourth-order valence-corrected chi connectivity index (χ4v) is 5.94. The number of benzene rings is 2. The van der Waals surface area contributed by atoms with E-state index in [0.29, 0.717) is 5.92 Å². The van der Waals surface area contributed by atoms with Crippen molar-refractivity contribution >= 4 is 9.84 Å². The normalized spacial score (nSPS) is 28.1. The SMILES string of the molecule is CC1CC(c2ccccc2)S(=O)(=O)C(c2ccccc2)C1. The average Bonchev–Trinajstić information content (AvgIpc) is 2.51. The van der Waals surface area contributed by atoms with Gasteiger partial charge in [-0.05, 0) is 29.9 Å². The van der Waals surface area contributed by atoms with E-state index in [0.717, 1.165) is 24.0 Å². The molecule has 0 bridgehead atoms. The van der Waals surface area contributed by atoms with Crippen molar-refractivity contribution in [1.82, 2.24) is 0 Å². The van der Waals surface area contributed by atoms with Crippen molar-refractivity contribution in [3.63, 3.8) is 0 Å². The third-order valence-corrected chi connectivity index (χ3v) is 6.88. The molecule has 2 aromatic carbocycles. The highest BCUT2D eigenvalue weighted by Crippen LogP contribution is 2.46. The van der Waals surface area contributed by atoms with Crippen LogP contribution >= 0.6 is 0 Å². The average molecular weight is 300 g/mol. The molecule has 1 saturated heterocycles. The van der Waals surface area contributed by atoms with Gasteiger partial charge in [0, 0.05) is 0 Å². The second-order valence-electron chi connectivity index (χ2n) is 5.96. The molecule has 3 heteroatoms. The Bertz CT molecular complexity index is 637. The van der Waals surface area contributed by atoms with E-state index in [1.807, 2.05) is 60.7 Å². The summed E-state index contributed by atoms with van der Waals surface area (Å²) in [5, 5.41) is -0.764. The van der Waals surface area contributed by atoms with Crippen LogP contribution in [-0.4, -0.2) is 8.42 Å². The van der Waals surface area contributed by atoms with Crippen LogP contribution in [0.3, 0.4) is 0 Å². The zero-order valence-corrected chi connectivity index (χ0v) is 13.0. The molecule has 3 rings (SSSR count). The van der Waals surface area contributed by atoms with Gasteiger partial charge < -0.3 is 0 Å². The molecule has 0 spiro atoms. The molecule has 2 nitrogen and oxygen atoms in total. The molecule has 2 aromatic rings. The van der Waals surface area contributed by atoms with Gasteiger partial charge in [-0.3, -0.25) is 0 Å². The topological polar surface area (TPSA) is 34.1 Å². The molecule has 0 aromatic heterocycles. The van der Waals surface area contributed by atoms with Crippen LogP contribution < -0.4 is 0 Å². The molecule has 2 unspecified atom stereocenters. The second kappa shape index (κ2) is 5.64. The van der Waals surface area contributed by atoms with Crippen molar-refractivity contribution in [2.45, 2.75) is 30.3 Å². The number of rotatable bonds is 2. The van der Waals surface area contributed by atoms with Gasteiger partial charge in [0.25, 0.3) is 0 Å². The standard InChI is InChI=1S/C18H20O2S/c1-14-12-17(15-8-4-2-5-9-15)21(19,20)18(13-14)16-10-6-3-7-11-16/h2-11,14,17-18H,12-13H2,1H3. The minimum atomic E-state index is -3.20. The summed E-state index contributed by atoms with van der Waals surface area (Å²) in [6.45, 7) is 2.15. The Morgan fingerprint density at radius 3 is 1.52 bits per heavy atom. The Morgan fingerprint density at radius 2 is 1.14 bits per heavy atom. The Hall–Kier alpha value is -1.61. The summed E-state index contributed by atoms with van der Waals surface area (Å²) in [5.74, 6) is 0.406. The van der Waals surface area contributed by atoms with E-state index >= 15 is 0 Å². The quantitative estimate of drug-likeness (QED) is 0.828. The minimum Gasteiger partial charge on any atom is -0.228 e. The lowest BCUT2D eigenvalue weighted by atomic mass is 9.93. The van der Waals surface area contributed by atoms with Gasteiger partial charge in [0.2, 0.25) is 0 Å². The van der Waals surface area contributed by atoms with Crippen LogP contribution in [0.5, 0.6) is 0 Å². The van der Waals surface area contributed by atoms with Crippen LogP contribution in [0, 0.1) is 5.92 Å². The van der Waals surface area contributed by atoms with Gasteiger partial charge in [0.05, 0.1) is 10.5 Å². The first-order chi connectivity index (χ1) is 10.1. The highest BCUT2D eigenvalue weighted by Gasteiger charge is 2.41. The Kier molecular flexibility index (Phi) is 3.85. The largest absolute Gasteiger partial charge is 0.228 e. The van der Waals surface area contributed by atoms with Gasteiger partial charge in [-0.15, -0.1) is 0 Å². The molecular formula is C18H20O2S. The van der Waals surface area contributed by atoms with Gasteiger partial charge in [-0.2, -0.15) is 0 Å². The number of sulfone groups is 1. The van der Waals surface area contributed by atoms with Crippen molar-refractivity contribution in [2.75, 3.05) is 0 Å². The lowest BCUT2D eigenvalue weighted by Crippen LogP contribution is -2.29. The summed E-state index contributed by atoms with van der Waals surface area (Å²) in [7, 11) is -3.20. The third-order valence-electron chi connectivity index (χ3n) is 4.37. The van der Waals surface area contributed by atoms with Crippen molar-refractivity contribution in [2.24, 2.45) is 5.92 Å². The van der Waals surface area contributed by atoms with Crippen LogP contribution in [0.15, 0.2) is 60.7 Å². The van der Waals surface area contributed by atoms with Crippen LogP contribution in [-0.2, 0) is 9.84 Å². The third kappa shape index (κ3) is 2.75. The lowest BCUT2D eigenvalue weighted by molar-refractivity contribution is 0.423. The summed E-state index contributed by atoms with van der Waals surface area (Å²) in [6, 6.07) is 19.3. The Balaban J connectivity index is 2.04. The van der Waals surface area contributed by atoms with Crippen LogP contribution in [0.1, 0.15) is 41.4 Å². The van der Waals surface area contributed by atoms with Crippen molar-refractivity contribution in [1.29, 1.82) is 0 Å². The molecular weight excluding hydrogens is 280 g/mol. The van der Waals surface area contributed by atoms with E-state index < -0.39 is 9.84 Å². The fourth-order valence-electron chi connectivity index (χ4n) is 3.28. The van der Waals surface area contributed by atoms with E-state index in [-0.39, 0.29) is 10.5 Å². The molecule has 0 amide bonds.